The van der Waals surface area contributed by atoms with Crippen molar-refractivity contribution in [3.05, 3.63) is 0 Å². The van der Waals surface area contributed by atoms with E-state index < -0.39 is 6.10 Å². The average Bonchev–Trinajstić information content (AvgIpc) is 1.99. The van der Waals surface area contributed by atoms with Crippen LogP contribution in [-0.2, 0) is 14.3 Å². The van der Waals surface area contributed by atoms with Crippen LogP contribution in [0, 0.1) is 0 Å². The van der Waals surface area contributed by atoms with E-state index in [4.69, 9.17) is 10.5 Å². The summed E-state index contributed by atoms with van der Waals surface area (Å²) in [4.78, 5) is 10.7. The Balaban J connectivity index is 0. The molecule has 0 aliphatic heterocycles. The van der Waals surface area contributed by atoms with Gasteiger partial charge in [0.2, 0.25) is 0 Å². The maximum Gasteiger partial charge on any atom is 0.335 e. The first-order valence-electron chi connectivity index (χ1n) is 3.07. The van der Waals surface area contributed by atoms with Crippen LogP contribution in [0.4, 0.5) is 0 Å². The molecule has 0 heterocycles. The van der Waals surface area contributed by atoms with Crippen molar-refractivity contribution in [3.63, 3.8) is 0 Å². The van der Waals surface area contributed by atoms with Crippen LogP contribution in [0.15, 0.2) is 0 Å². The molecule has 0 spiro atoms. The SMILES string of the molecule is COC(=O)[C@H](CCN)OC.Cl. The lowest BCUT2D eigenvalue weighted by molar-refractivity contribution is -0.152. The molecular formula is C6H14ClNO3. The van der Waals surface area contributed by atoms with E-state index in [9.17, 15) is 4.79 Å². The molecule has 1 atom stereocenters. The molecule has 4 nitrogen and oxygen atoms in total. The van der Waals surface area contributed by atoms with Gasteiger partial charge in [0.1, 0.15) is 0 Å². The number of rotatable bonds is 4. The van der Waals surface area contributed by atoms with Gasteiger partial charge in [-0.1, -0.05) is 0 Å². The molecule has 0 aromatic carbocycles. The Bertz CT molecular complexity index is 110. The van der Waals surface area contributed by atoms with Crippen LogP contribution >= 0.6 is 12.4 Å². The van der Waals surface area contributed by atoms with Gasteiger partial charge in [0, 0.05) is 7.11 Å². The molecule has 0 bridgehead atoms. The number of hydrogen-bond donors (Lipinski definition) is 1. The Kier molecular flexibility index (Phi) is 9.40. The zero-order chi connectivity index (χ0) is 7.98. The average molecular weight is 184 g/mol. The second kappa shape index (κ2) is 7.78. The first-order valence-corrected chi connectivity index (χ1v) is 3.07. The van der Waals surface area contributed by atoms with Gasteiger partial charge in [-0.3, -0.25) is 0 Å². The van der Waals surface area contributed by atoms with Gasteiger partial charge in [-0.05, 0) is 13.0 Å². The van der Waals surface area contributed by atoms with Crippen molar-refractivity contribution in [2.75, 3.05) is 20.8 Å². The summed E-state index contributed by atoms with van der Waals surface area (Å²) >= 11 is 0. The maximum absolute atomic E-state index is 10.7. The molecule has 0 unspecified atom stereocenters. The summed E-state index contributed by atoms with van der Waals surface area (Å²) in [5, 5.41) is 0. The van der Waals surface area contributed by atoms with Gasteiger partial charge in [-0.25, -0.2) is 4.79 Å². The molecule has 0 aliphatic rings. The smallest absolute Gasteiger partial charge is 0.335 e. The normalized spacial score (nSPS) is 11.5. The summed E-state index contributed by atoms with van der Waals surface area (Å²) in [6.45, 7) is 0.424. The van der Waals surface area contributed by atoms with E-state index in [2.05, 4.69) is 4.74 Å². The van der Waals surface area contributed by atoms with Crippen molar-refractivity contribution < 1.29 is 14.3 Å². The van der Waals surface area contributed by atoms with Gasteiger partial charge in [-0.15, -0.1) is 12.4 Å². The van der Waals surface area contributed by atoms with Crippen molar-refractivity contribution in [2.45, 2.75) is 12.5 Å². The van der Waals surface area contributed by atoms with Crippen LogP contribution in [0.3, 0.4) is 0 Å². The zero-order valence-electron chi connectivity index (χ0n) is 6.70. The van der Waals surface area contributed by atoms with Crippen LogP contribution in [0.25, 0.3) is 0 Å². The van der Waals surface area contributed by atoms with Crippen molar-refractivity contribution in [3.8, 4) is 0 Å². The fourth-order valence-corrected chi connectivity index (χ4v) is 0.615. The number of nitrogens with two attached hydrogens (primary N) is 1. The number of ether oxygens (including phenoxy) is 2. The first-order chi connectivity index (χ1) is 4.76. The Morgan fingerprint density at radius 3 is 2.36 bits per heavy atom. The number of esters is 1. The second-order valence-corrected chi connectivity index (χ2v) is 1.82. The number of carbonyl (C=O) groups excluding carboxylic acids is 1. The van der Waals surface area contributed by atoms with Gasteiger partial charge in [0.25, 0.3) is 0 Å². The van der Waals surface area contributed by atoms with E-state index in [1.807, 2.05) is 0 Å². The van der Waals surface area contributed by atoms with Gasteiger partial charge < -0.3 is 15.2 Å². The summed E-state index contributed by atoms with van der Waals surface area (Å²) in [5.74, 6) is -0.368. The molecule has 0 saturated carbocycles. The number of halogens is 1. The maximum atomic E-state index is 10.7. The van der Waals surface area contributed by atoms with Crippen LogP contribution in [0.5, 0.6) is 0 Å². The summed E-state index contributed by atoms with van der Waals surface area (Å²) in [6, 6.07) is 0. The van der Waals surface area contributed by atoms with Crippen LogP contribution in [0.2, 0.25) is 0 Å². The minimum absolute atomic E-state index is 0. The fourth-order valence-electron chi connectivity index (χ4n) is 0.615. The summed E-state index contributed by atoms with van der Waals surface area (Å²) < 4.78 is 9.23. The quantitative estimate of drug-likeness (QED) is 0.621. The molecule has 0 amide bonds. The third-order valence-electron chi connectivity index (χ3n) is 1.18. The molecule has 11 heavy (non-hydrogen) atoms. The van der Waals surface area contributed by atoms with Crippen LogP contribution in [0.1, 0.15) is 6.42 Å². The van der Waals surface area contributed by atoms with E-state index in [-0.39, 0.29) is 18.4 Å². The predicted molar refractivity (Wildman–Crippen MR) is 43.7 cm³/mol. The molecule has 0 saturated heterocycles. The molecule has 0 aromatic heterocycles. The molecule has 0 radical (unpaired) electrons. The lowest BCUT2D eigenvalue weighted by Crippen LogP contribution is -2.26. The molecule has 2 N–H and O–H groups in total. The minimum atomic E-state index is -0.505. The summed E-state index contributed by atoms with van der Waals surface area (Å²) in [5.41, 5.74) is 5.21. The summed E-state index contributed by atoms with van der Waals surface area (Å²) in [6.07, 6.45) is -0.00148. The van der Waals surface area contributed by atoms with E-state index in [1.165, 1.54) is 14.2 Å². The first kappa shape index (κ1) is 13.3. The molecule has 0 fully saturated rings. The minimum Gasteiger partial charge on any atom is -0.467 e. The van der Waals surface area contributed by atoms with E-state index in [0.29, 0.717) is 13.0 Å². The van der Waals surface area contributed by atoms with Crippen molar-refractivity contribution in [2.24, 2.45) is 5.73 Å². The van der Waals surface area contributed by atoms with Crippen molar-refractivity contribution in [1.29, 1.82) is 0 Å². The second-order valence-electron chi connectivity index (χ2n) is 1.82. The molecule has 0 rings (SSSR count). The molecule has 0 aromatic rings. The standard InChI is InChI=1S/C6H13NO3.ClH/c1-9-5(3-4-7)6(8)10-2;/h5H,3-4,7H2,1-2H3;1H/t5-;/m0./s1. The monoisotopic (exact) mass is 183 g/mol. The van der Waals surface area contributed by atoms with Gasteiger partial charge in [0.05, 0.1) is 7.11 Å². The van der Waals surface area contributed by atoms with E-state index in [0.717, 1.165) is 0 Å². The largest absolute Gasteiger partial charge is 0.467 e. The van der Waals surface area contributed by atoms with Crippen LogP contribution in [-0.4, -0.2) is 32.8 Å². The zero-order valence-corrected chi connectivity index (χ0v) is 7.52. The third kappa shape index (κ3) is 5.01. The Morgan fingerprint density at radius 2 is 2.09 bits per heavy atom. The highest BCUT2D eigenvalue weighted by Gasteiger charge is 2.16. The van der Waals surface area contributed by atoms with Gasteiger partial charge >= 0.3 is 5.97 Å². The highest BCUT2D eigenvalue weighted by atomic mass is 35.5. The fraction of sp³-hybridized carbons (Fsp3) is 0.833. The molecule has 68 valence electrons. The Hall–Kier alpha value is -0.320. The Labute approximate surface area is 72.4 Å². The number of carbonyl (C=O) groups is 1. The highest BCUT2D eigenvalue weighted by molar-refractivity contribution is 5.85. The van der Waals surface area contributed by atoms with Gasteiger partial charge in [-0.2, -0.15) is 0 Å². The Morgan fingerprint density at radius 1 is 1.55 bits per heavy atom. The molecule has 0 aliphatic carbocycles. The lowest BCUT2D eigenvalue weighted by atomic mass is 10.2. The molecule has 5 heteroatoms. The molecular weight excluding hydrogens is 170 g/mol. The van der Waals surface area contributed by atoms with Crippen LogP contribution < -0.4 is 5.73 Å². The van der Waals surface area contributed by atoms with E-state index in [1.54, 1.807) is 0 Å². The number of methoxy groups -OCH3 is 2. The van der Waals surface area contributed by atoms with Crippen molar-refractivity contribution in [1.82, 2.24) is 0 Å². The topological polar surface area (TPSA) is 61.5 Å². The highest BCUT2D eigenvalue weighted by Crippen LogP contribution is 1.96. The summed E-state index contributed by atoms with van der Waals surface area (Å²) in [7, 11) is 2.78. The lowest BCUT2D eigenvalue weighted by Gasteiger charge is -2.10. The van der Waals surface area contributed by atoms with Crippen molar-refractivity contribution >= 4 is 18.4 Å². The number of hydrogen-bond acceptors (Lipinski definition) is 4. The van der Waals surface area contributed by atoms with E-state index >= 15 is 0 Å². The third-order valence-corrected chi connectivity index (χ3v) is 1.18. The predicted octanol–water partition coefficient (Wildman–Crippen LogP) is -0.0550. The van der Waals surface area contributed by atoms with Gasteiger partial charge in [0.15, 0.2) is 6.10 Å².